The fraction of sp³-hybridized carbons (Fsp3) is 0.269. The molecule has 0 saturated carbocycles. The van der Waals surface area contributed by atoms with Gasteiger partial charge in [0.05, 0.1) is 6.61 Å². The van der Waals surface area contributed by atoms with Gasteiger partial charge in [0.25, 0.3) is 0 Å². The van der Waals surface area contributed by atoms with Crippen molar-refractivity contribution in [2.24, 2.45) is 5.73 Å². The van der Waals surface area contributed by atoms with Gasteiger partial charge in [-0.25, -0.2) is 0 Å². The fourth-order valence-corrected chi connectivity index (χ4v) is 3.35. The highest BCUT2D eigenvalue weighted by molar-refractivity contribution is 5.95. The number of benzene rings is 3. The standard InChI is InChI=1S/C26H30N2O4/c1-2-5-22-18-21(19-8-10-20(11-9-19)26(27)28)12-13-23(22)31-16-17-32-25-7-4-3-6-24(25)30-15-14-29/h3-4,6-13,18,29H,2,5,14-17H2,1H3,(H3,27,28). The van der Waals surface area contributed by atoms with Crippen molar-refractivity contribution in [1.82, 2.24) is 0 Å². The van der Waals surface area contributed by atoms with E-state index in [0.29, 0.717) is 30.3 Å². The maximum atomic E-state index is 8.96. The summed E-state index contributed by atoms with van der Waals surface area (Å²) >= 11 is 0. The number of nitrogens with two attached hydrogens (primary N) is 1. The number of amidine groups is 1. The smallest absolute Gasteiger partial charge is 0.161 e. The molecule has 168 valence electrons. The Morgan fingerprint density at radius 3 is 2.00 bits per heavy atom. The van der Waals surface area contributed by atoms with Gasteiger partial charge in [0.1, 0.15) is 31.4 Å². The monoisotopic (exact) mass is 434 g/mol. The van der Waals surface area contributed by atoms with E-state index in [1.165, 1.54) is 0 Å². The van der Waals surface area contributed by atoms with E-state index in [-0.39, 0.29) is 19.0 Å². The summed E-state index contributed by atoms with van der Waals surface area (Å²) in [6, 6.07) is 21.3. The normalized spacial score (nSPS) is 10.6. The molecule has 0 aliphatic carbocycles. The second-order valence-electron chi connectivity index (χ2n) is 7.28. The molecule has 0 spiro atoms. The number of rotatable bonds is 12. The van der Waals surface area contributed by atoms with Crippen molar-refractivity contribution in [3.8, 4) is 28.4 Å². The fourth-order valence-electron chi connectivity index (χ4n) is 3.35. The van der Waals surface area contributed by atoms with E-state index in [4.69, 9.17) is 30.5 Å². The summed E-state index contributed by atoms with van der Waals surface area (Å²) < 4.78 is 17.3. The lowest BCUT2D eigenvalue weighted by Crippen LogP contribution is -2.11. The topological polar surface area (TPSA) is 97.8 Å². The number of aryl methyl sites for hydroxylation is 1. The third kappa shape index (κ3) is 6.25. The van der Waals surface area contributed by atoms with Crippen molar-refractivity contribution < 1.29 is 19.3 Å². The summed E-state index contributed by atoms with van der Waals surface area (Å²) in [5.74, 6) is 2.15. The summed E-state index contributed by atoms with van der Waals surface area (Å²) in [5.41, 5.74) is 9.58. The van der Waals surface area contributed by atoms with E-state index in [0.717, 1.165) is 35.3 Å². The Morgan fingerprint density at radius 1 is 0.812 bits per heavy atom. The van der Waals surface area contributed by atoms with E-state index < -0.39 is 0 Å². The zero-order valence-corrected chi connectivity index (χ0v) is 18.3. The van der Waals surface area contributed by atoms with Crippen molar-refractivity contribution in [3.63, 3.8) is 0 Å². The van der Waals surface area contributed by atoms with Gasteiger partial charge in [-0.05, 0) is 47.4 Å². The summed E-state index contributed by atoms with van der Waals surface area (Å²) in [6.07, 6.45) is 1.92. The molecule has 0 aromatic heterocycles. The second-order valence-corrected chi connectivity index (χ2v) is 7.28. The first-order valence-electron chi connectivity index (χ1n) is 10.8. The molecule has 0 atom stereocenters. The van der Waals surface area contributed by atoms with Crippen LogP contribution < -0.4 is 19.9 Å². The second kappa shape index (κ2) is 11.8. The number of nitrogens with one attached hydrogen (secondary N) is 1. The third-order valence-electron chi connectivity index (χ3n) is 4.91. The van der Waals surface area contributed by atoms with Gasteiger partial charge in [0, 0.05) is 5.56 Å². The maximum Gasteiger partial charge on any atom is 0.161 e. The summed E-state index contributed by atoms with van der Waals surface area (Å²) in [4.78, 5) is 0. The number of para-hydroxylation sites is 2. The Hall–Kier alpha value is -3.51. The van der Waals surface area contributed by atoms with Gasteiger partial charge in [-0.3, -0.25) is 5.41 Å². The van der Waals surface area contributed by atoms with Crippen molar-refractivity contribution in [1.29, 1.82) is 5.41 Å². The first kappa shape index (κ1) is 23.2. The van der Waals surface area contributed by atoms with Crippen LogP contribution in [0.1, 0.15) is 24.5 Å². The molecule has 0 unspecified atom stereocenters. The van der Waals surface area contributed by atoms with E-state index >= 15 is 0 Å². The van der Waals surface area contributed by atoms with Crippen molar-refractivity contribution in [2.75, 3.05) is 26.4 Å². The average molecular weight is 435 g/mol. The minimum Gasteiger partial charge on any atom is -0.490 e. The van der Waals surface area contributed by atoms with Crippen molar-refractivity contribution in [2.45, 2.75) is 19.8 Å². The number of aliphatic hydroxyl groups excluding tert-OH is 1. The first-order valence-corrected chi connectivity index (χ1v) is 10.8. The van der Waals surface area contributed by atoms with Crippen LogP contribution in [0.5, 0.6) is 17.2 Å². The maximum absolute atomic E-state index is 8.96. The van der Waals surface area contributed by atoms with Crippen LogP contribution in [0.15, 0.2) is 66.7 Å². The molecular formula is C26H30N2O4. The first-order chi connectivity index (χ1) is 15.6. The van der Waals surface area contributed by atoms with Crippen LogP contribution in [0, 0.1) is 5.41 Å². The minimum atomic E-state index is -0.0471. The van der Waals surface area contributed by atoms with Crippen LogP contribution in [0.4, 0.5) is 0 Å². The molecule has 6 heteroatoms. The van der Waals surface area contributed by atoms with Gasteiger partial charge >= 0.3 is 0 Å². The van der Waals surface area contributed by atoms with Crippen LogP contribution in [-0.2, 0) is 6.42 Å². The predicted molar refractivity (Wildman–Crippen MR) is 127 cm³/mol. The molecule has 0 fully saturated rings. The molecular weight excluding hydrogens is 404 g/mol. The predicted octanol–water partition coefficient (Wildman–Crippen LogP) is 4.42. The number of hydrogen-bond donors (Lipinski definition) is 3. The van der Waals surface area contributed by atoms with Crippen molar-refractivity contribution in [3.05, 3.63) is 77.9 Å². The number of aliphatic hydroxyl groups is 1. The third-order valence-corrected chi connectivity index (χ3v) is 4.91. The lowest BCUT2D eigenvalue weighted by molar-refractivity contribution is 0.183. The zero-order valence-electron chi connectivity index (χ0n) is 18.3. The molecule has 6 nitrogen and oxygen atoms in total. The van der Waals surface area contributed by atoms with Crippen LogP contribution >= 0.6 is 0 Å². The largest absolute Gasteiger partial charge is 0.490 e. The zero-order chi connectivity index (χ0) is 22.8. The van der Waals surface area contributed by atoms with Crippen molar-refractivity contribution >= 4 is 5.84 Å². The number of ether oxygens (including phenoxy) is 3. The van der Waals surface area contributed by atoms with Crippen LogP contribution in [0.2, 0.25) is 0 Å². The molecule has 0 aliphatic rings. The number of nitrogen functional groups attached to an aromatic ring is 1. The van der Waals surface area contributed by atoms with Gasteiger partial charge in [0.2, 0.25) is 0 Å². The molecule has 0 saturated heterocycles. The summed E-state index contributed by atoms with van der Waals surface area (Å²) in [5, 5.41) is 16.5. The Balaban J connectivity index is 1.63. The lowest BCUT2D eigenvalue weighted by atomic mass is 9.99. The molecule has 0 aliphatic heterocycles. The highest BCUT2D eigenvalue weighted by Gasteiger charge is 2.08. The van der Waals surface area contributed by atoms with E-state index in [1.807, 2.05) is 60.7 Å². The highest BCUT2D eigenvalue weighted by Crippen LogP contribution is 2.29. The van der Waals surface area contributed by atoms with Gasteiger partial charge < -0.3 is 25.1 Å². The molecule has 0 heterocycles. The van der Waals surface area contributed by atoms with Gasteiger partial charge in [0.15, 0.2) is 11.5 Å². The summed E-state index contributed by atoms with van der Waals surface area (Å²) in [7, 11) is 0. The van der Waals surface area contributed by atoms with Crippen LogP contribution in [-0.4, -0.2) is 37.4 Å². The Bertz CT molecular complexity index is 1020. The van der Waals surface area contributed by atoms with E-state index in [1.54, 1.807) is 0 Å². The van der Waals surface area contributed by atoms with E-state index in [2.05, 4.69) is 13.0 Å². The van der Waals surface area contributed by atoms with Gasteiger partial charge in [-0.15, -0.1) is 0 Å². The molecule has 0 amide bonds. The Labute approximate surface area is 189 Å². The Morgan fingerprint density at radius 2 is 1.41 bits per heavy atom. The summed E-state index contributed by atoms with van der Waals surface area (Å²) in [6.45, 7) is 3.09. The molecule has 3 aromatic rings. The molecule has 32 heavy (non-hydrogen) atoms. The number of hydrogen-bond acceptors (Lipinski definition) is 5. The Kier molecular flexibility index (Phi) is 8.52. The molecule has 3 aromatic carbocycles. The van der Waals surface area contributed by atoms with Gasteiger partial charge in [-0.1, -0.05) is 55.8 Å². The molecule has 0 radical (unpaired) electrons. The average Bonchev–Trinajstić information content (AvgIpc) is 2.82. The van der Waals surface area contributed by atoms with E-state index in [9.17, 15) is 0 Å². The molecule has 3 rings (SSSR count). The SMILES string of the molecule is CCCc1cc(-c2ccc(C(=N)N)cc2)ccc1OCCOc1ccccc1OCCO. The molecule has 0 bridgehead atoms. The highest BCUT2D eigenvalue weighted by atomic mass is 16.5. The molecule has 4 N–H and O–H groups in total. The van der Waals surface area contributed by atoms with Crippen LogP contribution in [0.25, 0.3) is 11.1 Å². The lowest BCUT2D eigenvalue weighted by Gasteiger charge is -2.15. The van der Waals surface area contributed by atoms with Crippen LogP contribution in [0.3, 0.4) is 0 Å². The minimum absolute atomic E-state index is 0.0471. The quantitative estimate of drug-likeness (QED) is 0.223. The van der Waals surface area contributed by atoms with Gasteiger partial charge in [-0.2, -0.15) is 0 Å².